The highest BCUT2D eigenvalue weighted by Crippen LogP contribution is 2.41. The second kappa shape index (κ2) is 8.12. The molecule has 3 aliphatic rings. The maximum absolute atomic E-state index is 5.82. The van der Waals surface area contributed by atoms with Crippen molar-refractivity contribution in [2.45, 2.75) is 71.7 Å². The molecule has 0 unspecified atom stereocenters. The lowest BCUT2D eigenvalue weighted by molar-refractivity contribution is -0.324. The Labute approximate surface area is 136 Å². The third kappa shape index (κ3) is 4.69. The van der Waals surface area contributed by atoms with Gasteiger partial charge in [-0.2, -0.15) is 0 Å². The van der Waals surface area contributed by atoms with Crippen molar-refractivity contribution in [3.05, 3.63) is 0 Å². The predicted octanol–water partition coefficient (Wildman–Crippen LogP) is 4.60. The molecular weight excluding hydrogens is 276 g/mol. The molecule has 0 aromatic rings. The van der Waals surface area contributed by atoms with Gasteiger partial charge in [-0.15, -0.1) is 0 Å². The van der Waals surface area contributed by atoms with E-state index in [0.717, 1.165) is 37.6 Å². The fourth-order valence-corrected chi connectivity index (χ4v) is 4.48. The predicted molar refractivity (Wildman–Crippen MR) is 87.4 cm³/mol. The van der Waals surface area contributed by atoms with Crippen LogP contribution in [0.25, 0.3) is 0 Å². The normalized spacial score (nSPS) is 43.9. The summed E-state index contributed by atoms with van der Waals surface area (Å²) in [4.78, 5) is 0. The summed E-state index contributed by atoms with van der Waals surface area (Å²) in [6.07, 6.45) is 11.4. The van der Waals surface area contributed by atoms with E-state index in [1.165, 1.54) is 51.4 Å². The first-order valence-electron chi connectivity index (χ1n) is 9.55. The van der Waals surface area contributed by atoms with E-state index in [1.807, 2.05) is 0 Å². The van der Waals surface area contributed by atoms with Crippen LogP contribution in [0.4, 0.5) is 0 Å². The lowest BCUT2D eigenvalue weighted by Crippen LogP contribution is -2.34. The van der Waals surface area contributed by atoms with Gasteiger partial charge in [0.25, 0.3) is 6.48 Å². The van der Waals surface area contributed by atoms with Crippen molar-refractivity contribution in [3.8, 4) is 0 Å². The second-order valence-corrected chi connectivity index (χ2v) is 8.19. The summed E-state index contributed by atoms with van der Waals surface area (Å²) in [5.74, 6) is 4.19. The summed E-state index contributed by atoms with van der Waals surface area (Å²) in [7, 11) is 0. The molecule has 0 atom stereocenters. The number of ether oxygens (including phenoxy) is 3. The third-order valence-corrected chi connectivity index (χ3v) is 6.12. The Bertz CT molecular complexity index is 309. The van der Waals surface area contributed by atoms with Gasteiger partial charge in [-0.05, 0) is 62.2 Å². The van der Waals surface area contributed by atoms with Crippen molar-refractivity contribution in [1.82, 2.24) is 0 Å². The standard InChI is InChI=1S/C19H34O3/c1-14-3-7-17(8-4-14)18-9-5-16(6-10-18)13-22-19-20-11-15(2)12-21-19/h14-19H,3-13H2,1-2H3. The molecule has 3 heteroatoms. The Kier molecular flexibility index (Phi) is 6.17. The number of hydrogen-bond donors (Lipinski definition) is 0. The van der Waals surface area contributed by atoms with Gasteiger partial charge in [0, 0.05) is 5.92 Å². The van der Waals surface area contributed by atoms with E-state index >= 15 is 0 Å². The molecule has 0 bridgehead atoms. The first-order chi connectivity index (χ1) is 10.7. The van der Waals surface area contributed by atoms with Crippen LogP contribution in [-0.4, -0.2) is 26.3 Å². The van der Waals surface area contributed by atoms with Crippen LogP contribution in [0.3, 0.4) is 0 Å². The molecule has 1 aliphatic heterocycles. The minimum atomic E-state index is -0.409. The van der Waals surface area contributed by atoms with Gasteiger partial charge in [0.2, 0.25) is 0 Å². The first-order valence-corrected chi connectivity index (χ1v) is 9.55. The highest BCUT2D eigenvalue weighted by atomic mass is 16.8. The summed E-state index contributed by atoms with van der Waals surface area (Å²) in [6.45, 7) is 6.49. The molecule has 3 rings (SSSR count). The smallest absolute Gasteiger partial charge is 0.271 e. The first kappa shape index (κ1) is 16.7. The zero-order valence-electron chi connectivity index (χ0n) is 14.5. The highest BCUT2D eigenvalue weighted by molar-refractivity contribution is 4.81. The van der Waals surface area contributed by atoms with Gasteiger partial charge < -0.3 is 14.2 Å². The van der Waals surface area contributed by atoms with Crippen LogP contribution in [-0.2, 0) is 14.2 Å². The van der Waals surface area contributed by atoms with Gasteiger partial charge in [-0.25, -0.2) is 0 Å². The molecule has 128 valence electrons. The molecule has 3 fully saturated rings. The highest BCUT2D eigenvalue weighted by Gasteiger charge is 2.30. The van der Waals surface area contributed by atoms with Crippen molar-refractivity contribution >= 4 is 0 Å². The molecule has 0 radical (unpaired) electrons. The van der Waals surface area contributed by atoms with Gasteiger partial charge in [0.05, 0.1) is 19.8 Å². The van der Waals surface area contributed by atoms with Gasteiger partial charge in [0.1, 0.15) is 0 Å². The molecular formula is C19H34O3. The van der Waals surface area contributed by atoms with Crippen LogP contribution < -0.4 is 0 Å². The molecule has 0 aromatic heterocycles. The Balaban J connectivity index is 1.32. The lowest BCUT2D eigenvalue weighted by atomic mass is 9.69. The molecule has 0 aromatic carbocycles. The second-order valence-electron chi connectivity index (χ2n) is 8.19. The summed E-state index contributed by atoms with van der Waals surface area (Å²) in [6, 6.07) is 0. The topological polar surface area (TPSA) is 27.7 Å². The fourth-order valence-electron chi connectivity index (χ4n) is 4.48. The number of rotatable bonds is 4. The van der Waals surface area contributed by atoms with E-state index in [0.29, 0.717) is 11.8 Å². The lowest BCUT2D eigenvalue weighted by Gasteiger charge is -2.37. The number of hydrogen-bond acceptors (Lipinski definition) is 3. The molecule has 2 saturated carbocycles. The van der Waals surface area contributed by atoms with Crippen LogP contribution in [0.5, 0.6) is 0 Å². The molecule has 3 nitrogen and oxygen atoms in total. The van der Waals surface area contributed by atoms with E-state index in [2.05, 4.69) is 13.8 Å². The minimum Gasteiger partial charge on any atom is -0.330 e. The zero-order valence-corrected chi connectivity index (χ0v) is 14.5. The Morgan fingerprint density at radius 2 is 1.27 bits per heavy atom. The average molecular weight is 310 g/mol. The summed E-state index contributed by atoms with van der Waals surface area (Å²) >= 11 is 0. The quantitative estimate of drug-likeness (QED) is 0.759. The molecule has 1 heterocycles. The van der Waals surface area contributed by atoms with Crippen LogP contribution in [0.1, 0.15) is 65.2 Å². The summed E-state index contributed by atoms with van der Waals surface area (Å²) in [5.41, 5.74) is 0. The molecule has 0 N–H and O–H groups in total. The van der Waals surface area contributed by atoms with Crippen molar-refractivity contribution in [2.75, 3.05) is 19.8 Å². The monoisotopic (exact) mass is 310 g/mol. The molecule has 22 heavy (non-hydrogen) atoms. The minimum absolute atomic E-state index is 0.409. The van der Waals surface area contributed by atoms with Crippen molar-refractivity contribution in [2.24, 2.45) is 29.6 Å². The van der Waals surface area contributed by atoms with Crippen LogP contribution in [0, 0.1) is 29.6 Å². The van der Waals surface area contributed by atoms with Gasteiger partial charge in [-0.3, -0.25) is 0 Å². The molecule has 2 aliphatic carbocycles. The van der Waals surface area contributed by atoms with E-state index < -0.39 is 6.48 Å². The van der Waals surface area contributed by atoms with E-state index in [1.54, 1.807) is 0 Å². The third-order valence-electron chi connectivity index (χ3n) is 6.12. The Hall–Kier alpha value is -0.120. The van der Waals surface area contributed by atoms with Crippen LogP contribution in [0.2, 0.25) is 0 Å². The Morgan fingerprint density at radius 3 is 1.86 bits per heavy atom. The maximum atomic E-state index is 5.82. The van der Waals surface area contributed by atoms with Crippen molar-refractivity contribution in [1.29, 1.82) is 0 Å². The molecule has 0 spiro atoms. The molecule has 1 saturated heterocycles. The van der Waals surface area contributed by atoms with Gasteiger partial charge in [-0.1, -0.05) is 26.7 Å². The van der Waals surface area contributed by atoms with Gasteiger partial charge in [0.15, 0.2) is 0 Å². The van der Waals surface area contributed by atoms with E-state index in [9.17, 15) is 0 Å². The average Bonchev–Trinajstić information content (AvgIpc) is 2.56. The molecule has 0 amide bonds. The van der Waals surface area contributed by atoms with E-state index in [4.69, 9.17) is 14.2 Å². The zero-order chi connectivity index (χ0) is 15.4. The Morgan fingerprint density at radius 1 is 0.727 bits per heavy atom. The fraction of sp³-hybridized carbons (Fsp3) is 1.00. The maximum Gasteiger partial charge on any atom is 0.271 e. The van der Waals surface area contributed by atoms with Crippen LogP contribution in [0.15, 0.2) is 0 Å². The van der Waals surface area contributed by atoms with Gasteiger partial charge >= 0.3 is 0 Å². The van der Waals surface area contributed by atoms with Crippen molar-refractivity contribution in [3.63, 3.8) is 0 Å². The summed E-state index contributed by atoms with van der Waals surface area (Å²) in [5, 5.41) is 0. The summed E-state index contributed by atoms with van der Waals surface area (Å²) < 4.78 is 16.9. The van der Waals surface area contributed by atoms with E-state index in [-0.39, 0.29) is 0 Å². The van der Waals surface area contributed by atoms with Crippen LogP contribution >= 0.6 is 0 Å². The SMILES string of the molecule is CC1CCC(C2CCC(COC3OCC(C)CO3)CC2)CC1. The largest absolute Gasteiger partial charge is 0.330 e. The van der Waals surface area contributed by atoms with Crippen molar-refractivity contribution < 1.29 is 14.2 Å².